The van der Waals surface area contributed by atoms with Crippen molar-refractivity contribution in [2.45, 2.75) is 12.1 Å². The maximum atomic E-state index is 12.2. The van der Waals surface area contributed by atoms with E-state index in [-0.39, 0.29) is 12.5 Å². The third-order valence-electron chi connectivity index (χ3n) is 4.81. The topological polar surface area (TPSA) is 72.6 Å². The Bertz CT molecular complexity index is 1030. The smallest absolute Gasteiger partial charge is 0.411 e. The maximum absolute atomic E-state index is 12.2. The van der Waals surface area contributed by atoms with Crippen LogP contribution in [0.25, 0.3) is 10.9 Å². The van der Waals surface area contributed by atoms with E-state index in [2.05, 4.69) is 15.0 Å². The normalized spacial score (nSPS) is 12.5. The van der Waals surface area contributed by atoms with Crippen LogP contribution >= 0.6 is 0 Å². The molecule has 0 aliphatic carbocycles. The van der Waals surface area contributed by atoms with Crippen molar-refractivity contribution in [3.05, 3.63) is 59.8 Å². The van der Waals surface area contributed by atoms with Crippen LogP contribution in [0.15, 0.2) is 48.7 Å². The van der Waals surface area contributed by atoms with Gasteiger partial charge in [-0.25, -0.2) is 0 Å². The maximum Gasteiger partial charge on any atom is 0.411 e. The number of halogens is 3. The summed E-state index contributed by atoms with van der Waals surface area (Å²) in [5.74, 6) is 0.0521. The van der Waals surface area contributed by atoms with Gasteiger partial charge in [0.2, 0.25) is 5.91 Å². The lowest BCUT2D eigenvalue weighted by molar-refractivity contribution is -0.175. The minimum absolute atomic E-state index is 0.125. The molecule has 31 heavy (non-hydrogen) atoms. The fraction of sp³-hybridized carbons (Fsp3) is 0.318. The summed E-state index contributed by atoms with van der Waals surface area (Å²) >= 11 is 0. The molecule has 0 radical (unpaired) electrons. The molecule has 0 bridgehead atoms. The first kappa shape index (κ1) is 22.5. The number of benzene rings is 2. The van der Waals surface area contributed by atoms with E-state index in [4.69, 9.17) is 9.47 Å². The van der Waals surface area contributed by atoms with Crippen LogP contribution in [-0.4, -0.2) is 51.0 Å². The summed E-state index contributed by atoms with van der Waals surface area (Å²) in [4.78, 5) is 15.3. The molecule has 3 aromatic rings. The summed E-state index contributed by atoms with van der Waals surface area (Å²) in [6.07, 6.45) is -2.64. The van der Waals surface area contributed by atoms with E-state index in [1.807, 2.05) is 42.6 Å². The van der Waals surface area contributed by atoms with Gasteiger partial charge in [-0.2, -0.15) is 13.2 Å². The molecular formula is C22H23F3N2O4. The van der Waals surface area contributed by atoms with Crippen LogP contribution < -0.4 is 14.8 Å². The molecule has 0 saturated heterocycles. The quantitative estimate of drug-likeness (QED) is 0.532. The van der Waals surface area contributed by atoms with E-state index in [1.54, 1.807) is 6.07 Å². The monoisotopic (exact) mass is 436 g/mol. The third kappa shape index (κ3) is 5.49. The van der Waals surface area contributed by atoms with E-state index in [9.17, 15) is 18.0 Å². The number of carbonyl (C=O) groups is 1. The second-order valence-electron chi connectivity index (χ2n) is 6.84. The predicted octanol–water partition coefficient (Wildman–Crippen LogP) is 4.01. The van der Waals surface area contributed by atoms with Crippen LogP contribution in [0.1, 0.15) is 17.0 Å². The van der Waals surface area contributed by atoms with E-state index >= 15 is 0 Å². The predicted molar refractivity (Wildman–Crippen MR) is 110 cm³/mol. The van der Waals surface area contributed by atoms with Gasteiger partial charge in [-0.3, -0.25) is 4.79 Å². The fourth-order valence-corrected chi connectivity index (χ4v) is 3.48. The number of aromatic amines is 1. The van der Waals surface area contributed by atoms with E-state index in [1.165, 1.54) is 14.2 Å². The number of rotatable bonds is 9. The molecule has 1 aromatic heterocycles. The van der Waals surface area contributed by atoms with Crippen molar-refractivity contribution in [1.29, 1.82) is 0 Å². The zero-order chi connectivity index (χ0) is 22.4. The lowest BCUT2D eigenvalue weighted by Gasteiger charge is -2.22. The summed E-state index contributed by atoms with van der Waals surface area (Å²) in [5.41, 5.74) is 2.59. The standard InChI is InChI=1S/C22H23F3N2O4/c1-29-19-9-5-7-15(21(19)30-2)17(11-27-20(28)12-31-13-22(23,24)25)16-10-26-18-8-4-3-6-14(16)18/h3-10,17,26H,11-13H2,1-2H3,(H,27,28). The highest BCUT2D eigenvalue weighted by Gasteiger charge is 2.28. The molecule has 9 heteroatoms. The van der Waals surface area contributed by atoms with Crippen molar-refractivity contribution in [3.8, 4) is 11.5 Å². The molecule has 6 nitrogen and oxygen atoms in total. The number of para-hydroxylation sites is 2. The van der Waals surface area contributed by atoms with E-state index in [0.29, 0.717) is 11.5 Å². The van der Waals surface area contributed by atoms with Crippen LogP contribution in [0, 0.1) is 0 Å². The van der Waals surface area contributed by atoms with Crippen LogP contribution in [-0.2, 0) is 9.53 Å². The molecule has 1 atom stereocenters. The molecule has 1 unspecified atom stereocenters. The second kappa shape index (κ2) is 9.74. The van der Waals surface area contributed by atoms with Crippen LogP contribution in [0.3, 0.4) is 0 Å². The first-order valence-corrected chi connectivity index (χ1v) is 9.52. The minimum atomic E-state index is -4.49. The Hall–Kier alpha value is -3.20. The summed E-state index contributed by atoms with van der Waals surface area (Å²) in [5, 5.41) is 3.63. The highest BCUT2D eigenvalue weighted by molar-refractivity contribution is 5.84. The zero-order valence-electron chi connectivity index (χ0n) is 17.1. The van der Waals surface area contributed by atoms with Gasteiger partial charge in [-0.1, -0.05) is 30.3 Å². The number of amides is 1. The van der Waals surface area contributed by atoms with Crippen molar-refractivity contribution in [2.75, 3.05) is 34.0 Å². The van der Waals surface area contributed by atoms with Crippen molar-refractivity contribution < 1.29 is 32.2 Å². The Morgan fingerprint density at radius 2 is 1.84 bits per heavy atom. The molecular weight excluding hydrogens is 413 g/mol. The lowest BCUT2D eigenvalue weighted by Crippen LogP contribution is -2.33. The highest BCUT2D eigenvalue weighted by atomic mass is 19.4. The van der Waals surface area contributed by atoms with Gasteiger partial charge in [0.05, 0.1) is 14.2 Å². The van der Waals surface area contributed by atoms with Crippen molar-refractivity contribution in [3.63, 3.8) is 0 Å². The highest BCUT2D eigenvalue weighted by Crippen LogP contribution is 2.40. The number of hydrogen-bond acceptors (Lipinski definition) is 4. The fourth-order valence-electron chi connectivity index (χ4n) is 3.48. The summed E-state index contributed by atoms with van der Waals surface area (Å²) < 4.78 is 52.2. The molecule has 0 aliphatic heterocycles. The second-order valence-corrected chi connectivity index (χ2v) is 6.84. The number of nitrogens with one attached hydrogen (secondary N) is 2. The molecule has 3 rings (SSSR count). The zero-order valence-corrected chi connectivity index (χ0v) is 17.1. The van der Waals surface area contributed by atoms with Gasteiger partial charge >= 0.3 is 6.18 Å². The average molecular weight is 436 g/mol. The van der Waals surface area contributed by atoms with Crippen molar-refractivity contribution in [2.24, 2.45) is 0 Å². The SMILES string of the molecule is COc1cccc(C(CNC(=O)COCC(F)(F)F)c2c[nH]c3ccccc23)c1OC. The molecule has 2 aromatic carbocycles. The molecule has 0 saturated carbocycles. The number of ether oxygens (including phenoxy) is 3. The number of alkyl halides is 3. The molecule has 1 amide bonds. The Balaban J connectivity index is 1.89. The molecule has 0 spiro atoms. The van der Waals surface area contributed by atoms with Crippen LogP contribution in [0.4, 0.5) is 13.2 Å². The number of fused-ring (bicyclic) bond motifs is 1. The molecule has 2 N–H and O–H groups in total. The van der Waals surface area contributed by atoms with Crippen molar-refractivity contribution in [1.82, 2.24) is 10.3 Å². The lowest BCUT2D eigenvalue weighted by atomic mass is 9.90. The Labute approximate surface area is 177 Å². The minimum Gasteiger partial charge on any atom is -0.493 e. The third-order valence-corrected chi connectivity index (χ3v) is 4.81. The number of aromatic nitrogens is 1. The first-order chi connectivity index (χ1) is 14.8. The van der Waals surface area contributed by atoms with Gasteiger partial charge < -0.3 is 24.5 Å². The first-order valence-electron chi connectivity index (χ1n) is 9.52. The molecule has 166 valence electrons. The molecule has 0 aliphatic rings. The van der Waals surface area contributed by atoms with Crippen LogP contribution in [0.5, 0.6) is 11.5 Å². The summed E-state index contributed by atoms with van der Waals surface area (Å²) in [6, 6.07) is 13.1. The van der Waals surface area contributed by atoms with Crippen LogP contribution in [0.2, 0.25) is 0 Å². The number of carbonyl (C=O) groups excluding carboxylic acids is 1. The Morgan fingerprint density at radius 1 is 1.06 bits per heavy atom. The van der Waals surface area contributed by atoms with Gasteiger partial charge in [0.25, 0.3) is 0 Å². The van der Waals surface area contributed by atoms with E-state index in [0.717, 1.165) is 22.0 Å². The largest absolute Gasteiger partial charge is 0.493 e. The van der Waals surface area contributed by atoms with Crippen molar-refractivity contribution >= 4 is 16.8 Å². The average Bonchev–Trinajstić information content (AvgIpc) is 3.16. The van der Waals surface area contributed by atoms with E-state index < -0.39 is 25.3 Å². The Kier molecular flexibility index (Phi) is 7.06. The van der Waals surface area contributed by atoms with Gasteiger partial charge in [-0.15, -0.1) is 0 Å². The molecule has 0 fully saturated rings. The number of methoxy groups -OCH3 is 2. The Morgan fingerprint density at radius 3 is 2.55 bits per heavy atom. The number of H-pyrrole nitrogens is 1. The summed E-state index contributed by atoms with van der Waals surface area (Å²) in [6.45, 7) is -2.04. The van der Waals surface area contributed by atoms with Gasteiger partial charge in [0.1, 0.15) is 13.2 Å². The summed E-state index contributed by atoms with van der Waals surface area (Å²) in [7, 11) is 3.05. The number of hydrogen-bond donors (Lipinski definition) is 2. The molecule has 1 heterocycles. The van der Waals surface area contributed by atoms with Gasteiger partial charge in [0.15, 0.2) is 11.5 Å². The van der Waals surface area contributed by atoms with Gasteiger partial charge in [0, 0.05) is 35.1 Å². The van der Waals surface area contributed by atoms with Gasteiger partial charge in [-0.05, 0) is 17.7 Å².